The second-order valence-electron chi connectivity index (χ2n) is 5.96. The van der Waals surface area contributed by atoms with Crippen LogP contribution in [0.3, 0.4) is 0 Å². The van der Waals surface area contributed by atoms with Crippen molar-refractivity contribution in [3.05, 3.63) is 65.2 Å². The first-order chi connectivity index (χ1) is 12.2. The van der Waals surface area contributed by atoms with Gasteiger partial charge in [-0.3, -0.25) is 4.79 Å². The number of anilines is 2. The molecule has 7 nitrogen and oxygen atoms in total. The molecule has 7 heteroatoms. The summed E-state index contributed by atoms with van der Waals surface area (Å²) in [5.41, 5.74) is 2.92. The standard InChI is InChI=1S/C18H17N5O2/c1-12-10-16(22-25-12)21-17(24)15-6-8-19-18(20-15)23-9-7-13-4-2-3-5-14(13)11-23/h2-6,8,10H,7,9,11H2,1H3,(H,21,22,24). The SMILES string of the molecule is Cc1cc(NC(=O)c2ccnc(N3CCc4ccccc4C3)n2)no1. The summed E-state index contributed by atoms with van der Waals surface area (Å²) in [5.74, 6) is 1.22. The number of carbonyl (C=O) groups excluding carboxylic acids is 1. The molecule has 1 aliphatic rings. The van der Waals surface area contributed by atoms with Crippen LogP contribution in [0.2, 0.25) is 0 Å². The number of nitrogens with one attached hydrogen (secondary N) is 1. The lowest BCUT2D eigenvalue weighted by molar-refractivity contribution is 0.102. The zero-order valence-corrected chi connectivity index (χ0v) is 13.8. The molecular weight excluding hydrogens is 318 g/mol. The first-order valence-corrected chi connectivity index (χ1v) is 8.08. The van der Waals surface area contributed by atoms with Crippen molar-refractivity contribution in [1.29, 1.82) is 0 Å². The fourth-order valence-corrected chi connectivity index (χ4v) is 2.90. The lowest BCUT2D eigenvalue weighted by Crippen LogP contribution is -2.32. The number of benzene rings is 1. The predicted molar refractivity (Wildman–Crippen MR) is 92.4 cm³/mol. The minimum Gasteiger partial charge on any atom is -0.360 e. The molecule has 126 valence electrons. The summed E-state index contributed by atoms with van der Waals surface area (Å²) in [5, 5.41) is 6.43. The lowest BCUT2D eigenvalue weighted by atomic mass is 10.0. The summed E-state index contributed by atoms with van der Waals surface area (Å²) in [7, 11) is 0. The van der Waals surface area contributed by atoms with Gasteiger partial charge in [-0.05, 0) is 30.5 Å². The first kappa shape index (κ1) is 15.3. The quantitative estimate of drug-likeness (QED) is 0.792. The minimum absolute atomic E-state index is 0.296. The molecule has 3 aromatic rings. The van der Waals surface area contributed by atoms with E-state index in [0.29, 0.717) is 23.2 Å². The smallest absolute Gasteiger partial charge is 0.275 e. The Bertz CT molecular complexity index is 921. The highest BCUT2D eigenvalue weighted by atomic mass is 16.5. The van der Waals surface area contributed by atoms with Crippen LogP contribution in [0.15, 0.2) is 47.1 Å². The van der Waals surface area contributed by atoms with Crippen molar-refractivity contribution in [2.75, 3.05) is 16.8 Å². The van der Waals surface area contributed by atoms with Gasteiger partial charge >= 0.3 is 0 Å². The number of hydrogen-bond donors (Lipinski definition) is 1. The largest absolute Gasteiger partial charge is 0.360 e. The fourth-order valence-electron chi connectivity index (χ4n) is 2.90. The van der Waals surface area contributed by atoms with E-state index in [4.69, 9.17) is 4.52 Å². The van der Waals surface area contributed by atoms with Crippen LogP contribution in [0.1, 0.15) is 27.4 Å². The molecule has 2 aromatic heterocycles. The molecule has 1 amide bonds. The van der Waals surface area contributed by atoms with Crippen LogP contribution in [0.4, 0.5) is 11.8 Å². The maximum absolute atomic E-state index is 12.4. The van der Waals surface area contributed by atoms with Crippen molar-refractivity contribution in [2.24, 2.45) is 0 Å². The number of nitrogens with zero attached hydrogens (tertiary/aromatic N) is 4. The minimum atomic E-state index is -0.339. The molecule has 0 aliphatic carbocycles. The van der Waals surface area contributed by atoms with E-state index < -0.39 is 0 Å². The Kier molecular flexibility index (Phi) is 3.89. The van der Waals surface area contributed by atoms with Crippen molar-refractivity contribution >= 4 is 17.7 Å². The van der Waals surface area contributed by atoms with E-state index in [1.807, 2.05) is 6.07 Å². The monoisotopic (exact) mass is 335 g/mol. The zero-order chi connectivity index (χ0) is 17.2. The molecule has 0 bridgehead atoms. The van der Waals surface area contributed by atoms with Gasteiger partial charge in [0.25, 0.3) is 5.91 Å². The Morgan fingerprint density at radius 1 is 1.24 bits per heavy atom. The molecule has 0 saturated carbocycles. The third-order valence-corrected chi connectivity index (χ3v) is 4.16. The number of amides is 1. The van der Waals surface area contributed by atoms with Gasteiger partial charge < -0.3 is 14.7 Å². The van der Waals surface area contributed by atoms with Gasteiger partial charge in [-0.2, -0.15) is 0 Å². The second kappa shape index (κ2) is 6.35. The third kappa shape index (κ3) is 3.21. The van der Waals surface area contributed by atoms with Gasteiger partial charge in [0.15, 0.2) is 5.82 Å². The average Bonchev–Trinajstić information content (AvgIpc) is 3.06. The van der Waals surface area contributed by atoms with E-state index in [0.717, 1.165) is 19.5 Å². The van der Waals surface area contributed by atoms with E-state index in [-0.39, 0.29) is 5.91 Å². The molecule has 1 aromatic carbocycles. The summed E-state index contributed by atoms with van der Waals surface area (Å²) in [6.07, 6.45) is 2.54. The van der Waals surface area contributed by atoms with Crippen molar-refractivity contribution in [1.82, 2.24) is 15.1 Å². The molecule has 3 heterocycles. The molecule has 0 atom stereocenters. The van der Waals surface area contributed by atoms with Crippen molar-refractivity contribution in [3.8, 4) is 0 Å². The number of fused-ring (bicyclic) bond motifs is 1. The van der Waals surface area contributed by atoms with Crippen LogP contribution in [-0.2, 0) is 13.0 Å². The van der Waals surface area contributed by atoms with E-state index in [1.54, 1.807) is 25.3 Å². The van der Waals surface area contributed by atoms with Crippen molar-refractivity contribution in [3.63, 3.8) is 0 Å². The van der Waals surface area contributed by atoms with Crippen LogP contribution in [0.5, 0.6) is 0 Å². The number of aryl methyl sites for hydroxylation is 1. The zero-order valence-electron chi connectivity index (χ0n) is 13.8. The molecule has 0 radical (unpaired) electrons. The van der Waals surface area contributed by atoms with Crippen LogP contribution < -0.4 is 10.2 Å². The van der Waals surface area contributed by atoms with Gasteiger partial charge in [0.2, 0.25) is 5.95 Å². The Morgan fingerprint density at radius 3 is 2.88 bits per heavy atom. The van der Waals surface area contributed by atoms with Crippen LogP contribution >= 0.6 is 0 Å². The molecule has 1 N–H and O–H groups in total. The number of aromatic nitrogens is 3. The molecule has 0 spiro atoms. The van der Waals surface area contributed by atoms with E-state index in [9.17, 15) is 4.79 Å². The number of rotatable bonds is 3. The summed E-state index contributed by atoms with van der Waals surface area (Å²) >= 11 is 0. The molecule has 1 aliphatic heterocycles. The predicted octanol–water partition coefficient (Wildman–Crippen LogP) is 2.59. The van der Waals surface area contributed by atoms with Gasteiger partial charge in [0, 0.05) is 25.4 Å². The highest BCUT2D eigenvalue weighted by Crippen LogP contribution is 2.22. The van der Waals surface area contributed by atoms with Crippen molar-refractivity contribution in [2.45, 2.75) is 19.9 Å². The van der Waals surface area contributed by atoms with Gasteiger partial charge in [-0.15, -0.1) is 0 Å². The van der Waals surface area contributed by atoms with Crippen molar-refractivity contribution < 1.29 is 9.32 Å². The van der Waals surface area contributed by atoms with Crippen LogP contribution in [0, 0.1) is 6.92 Å². The molecule has 25 heavy (non-hydrogen) atoms. The summed E-state index contributed by atoms with van der Waals surface area (Å²) in [6, 6.07) is 11.6. The summed E-state index contributed by atoms with van der Waals surface area (Å²) < 4.78 is 4.95. The van der Waals surface area contributed by atoms with Gasteiger partial charge in [-0.1, -0.05) is 29.4 Å². The lowest BCUT2D eigenvalue weighted by Gasteiger charge is -2.28. The van der Waals surface area contributed by atoms with E-state index >= 15 is 0 Å². The summed E-state index contributed by atoms with van der Waals surface area (Å²) in [4.78, 5) is 23.2. The second-order valence-corrected chi connectivity index (χ2v) is 5.96. The van der Waals surface area contributed by atoms with Gasteiger partial charge in [0.05, 0.1) is 0 Å². The Morgan fingerprint density at radius 2 is 2.08 bits per heavy atom. The first-order valence-electron chi connectivity index (χ1n) is 8.08. The molecule has 4 rings (SSSR count). The number of carbonyl (C=O) groups is 1. The molecule has 0 fully saturated rings. The molecule has 0 saturated heterocycles. The Hall–Kier alpha value is -3.22. The normalized spacial score (nSPS) is 13.4. The Balaban J connectivity index is 1.53. The van der Waals surface area contributed by atoms with Crippen LogP contribution in [0.25, 0.3) is 0 Å². The van der Waals surface area contributed by atoms with E-state index in [1.165, 1.54) is 11.1 Å². The summed E-state index contributed by atoms with van der Waals surface area (Å²) in [6.45, 7) is 3.33. The highest BCUT2D eigenvalue weighted by Gasteiger charge is 2.19. The number of hydrogen-bond acceptors (Lipinski definition) is 6. The van der Waals surface area contributed by atoms with Gasteiger partial charge in [0.1, 0.15) is 11.5 Å². The Labute approximate surface area is 144 Å². The molecule has 0 unspecified atom stereocenters. The maximum Gasteiger partial charge on any atom is 0.275 e. The topological polar surface area (TPSA) is 84.2 Å². The average molecular weight is 335 g/mol. The fraction of sp³-hybridized carbons (Fsp3) is 0.222. The highest BCUT2D eigenvalue weighted by molar-refractivity contribution is 6.02. The van der Waals surface area contributed by atoms with E-state index in [2.05, 4.69) is 43.5 Å². The molecular formula is C18H17N5O2. The third-order valence-electron chi connectivity index (χ3n) is 4.16. The van der Waals surface area contributed by atoms with Gasteiger partial charge in [-0.25, -0.2) is 9.97 Å². The maximum atomic E-state index is 12.4. The van der Waals surface area contributed by atoms with Crippen LogP contribution in [-0.4, -0.2) is 27.6 Å².